The zero-order valence-electron chi connectivity index (χ0n) is 20.3. The number of aryl methyl sites for hydroxylation is 2. The number of aromatic nitrogens is 3. The van der Waals surface area contributed by atoms with Gasteiger partial charge in [-0.1, -0.05) is 12.1 Å². The molecule has 1 aromatic carbocycles. The van der Waals surface area contributed by atoms with E-state index in [0.29, 0.717) is 35.7 Å². The molecule has 2 unspecified atom stereocenters. The summed E-state index contributed by atoms with van der Waals surface area (Å²) in [5.41, 5.74) is 2.84. The molecule has 0 saturated carbocycles. The van der Waals surface area contributed by atoms with Crippen LogP contribution in [-0.4, -0.2) is 44.1 Å². The zero-order chi connectivity index (χ0) is 25.2. The predicted molar refractivity (Wildman–Crippen MR) is 133 cm³/mol. The van der Waals surface area contributed by atoms with Crippen LogP contribution in [0.15, 0.2) is 47.6 Å². The van der Waals surface area contributed by atoms with E-state index in [0.717, 1.165) is 21.6 Å². The molecule has 9 heteroatoms. The number of carbonyl (C=O) groups excluding carboxylic acids is 2. The average molecular weight is 493 g/mol. The van der Waals surface area contributed by atoms with E-state index in [1.807, 2.05) is 32.9 Å². The summed E-state index contributed by atoms with van der Waals surface area (Å²) in [4.78, 5) is 39.9. The molecule has 0 aliphatic heterocycles. The molecule has 0 radical (unpaired) electrons. The number of nitrogens with one attached hydrogen (secondary N) is 1. The highest BCUT2D eigenvalue weighted by Gasteiger charge is 2.42. The molecule has 1 aliphatic carbocycles. The quantitative estimate of drug-likeness (QED) is 0.501. The van der Waals surface area contributed by atoms with E-state index < -0.39 is 16.6 Å². The summed E-state index contributed by atoms with van der Waals surface area (Å²) in [5, 5.41) is 2.85. The smallest absolute Gasteiger partial charge is 0.316 e. The van der Waals surface area contributed by atoms with Crippen LogP contribution in [0.1, 0.15) is 53.0 Å². The lowest BCUT2D eigenvalue weighted by Gasteiger charge is -2.33. The number of methoxy groups -OCH3 is 1. The van der Waals surface area contributed by atoms with Crippen LogP contribution in [0.5, 0.6) is 6.01 Å². The van der Waals surface area contributed by atoms with E-state index in [1.54, 1.807) is 30.6 Å². The fourth-order valence-corrected chi connectivity index (χ4v) is 5.10. The number of ketones is 1. The summed E-state index contributed by atoms with van der Waals surface area (Å²) >= 11 is -1.02. The highest BCUT2D eigenvalue weighted by molar-refractivity contribution is 7.91. The van der Waals surface area contributed by atoms with Crippen molar-refractivity contribution in [3.8, 4) is 6.01 Å². The minimum atomic E-state index is -1.02. The van der Waals surface area contributed by atoms with E-state index in [-0.39, 0.29) is 24.1 Å². The maximum absolute atomic E-state index is 13.6. The summed E-state index contributed by atoms with van der Waals surface area (Å²) in [6.07, 6.45) is 4.59. The fourth-order valence-electron chi connectivity index (χ4n) is 4.33. The Hall–Kier alpha value is -3.30. The number of hydrogen-bond acceptors (Lipinski definition) is 7. The third-order valence-corrected chi connectivity index (χ3v) is 7.73. The third kappa shape index (κ3) is 5.06. The maximum Gasteiger partial charge on any atom is 0.316 e. The Bertz CT molecular complexity index is 1250. The van der Waals surface area contributed by atoms with Crippen molar-refractivity contribution in [2.24, 2.45) is 0 Å². The molecule has 182 valence electrons. The molecule has 1 N–H and O–H groups in total. The standard InChI is InChI=1S/C26H28N4O4S/c1-5-35(33)19-8-6-17(7-9-19)13-22(31)30-21-12-16(2)23-20(29-21)10-11-26(3,24(23)32)18-14-27-25(34-4)28-15-18/h6-9,12,14-15H,5,10-11,13H2,1-4H3,(H,29,30,31). The Morgan fingerprint density at radius 2 is 1.91 bits per heavy atom. The number of pyridine rings is 1. The Labute approximate surface area is 207 Å². The molecule has 4 rings (SSSR count). The molecule has 2 aromatic heterocycles. The van der Waals surface area contributed by atoms with Gasteiger partial charge < -0.3 is 14.6 Å². The summed E-state index contributed by atoms with van der Waals surface area (Å²) in [7, 11) is 1.50. The third-order valence-electron chi connectivity index (χ3n) is 6.41. The second kappa shape index (κ2) is 10.1. The summed E-state index contributed by atoms with van der Waals surface area (Å²) in [6, 6.07) is 9.21. The van der Waals surface area contributed by atoms with Gasteiger partial charge >= 0.3 is 6.01 Å². The van der Waals surface area contributed by atoms with E-state index in [1.165, 1.54) is 7.11 Å². The van der Waals surface area contributed by atoms with Gasteiger partial charge in [-0.3, -0.25) is 9.59 Å². The molecule has 0 bridgehead atoms. The topological polar surface area (TPSA) is 117 Å². The first-order chi connectivity index (χ1) is 16.7. The normalized spacial score (nSPS) is 18.0. The van der Waals surface area contributed by atoms with Gasteiger partial charge in [0.25, 0.3) is 0 Å². The second-order valence-corrected chi connectivity index (χ2v) is 10.5. The lowest BCUT2D eigenvalue weighted by Crippen LogP contribution is -2.38. The van der Waals surface area contributed by atoms with E-state index in [2.05, 4.69) is 20.3 Å². The van der Waals surface area contributed by atoms with Gasteiger partial charge in [0.15, 0.2) is 10.7 Å². The SMILES string of the molecule is CC[S+]([O-])c1ccc(CC(=O)Nc2cc(C)c3c(n2)CCC(C)(c2cnc(OC)nc2)C3=O)cc1. The molecular weight excluding hydrogens is 464 g/mol. The average Bonchev–Trinajstić information content (AvgIpc) is 2.86. The number of amides is 1. The number of nitrogens with zero attached hydrogens (tertiary/aromatic N) is 3. The molecule has 8 nitrogen and oxygen atoms in total. The molecule has 0 saturated heterocycles. The van der Waals surface area contributed by atoms with Gasteiger partial charge in [0, 0.05) is 23.5 Å². The van der Waals surface area contributed by atoms with Crippen molar-refractivity contribution in [2.45, 2.75) is 50.3 Å². The maximum atomic E-state index is 13.6. The molecule has 0 spiro atoms. The van der Waals surface area contributed by atoms with Gasteiger partial charge in [-0.15, -0.1) is 0 Å². The Balaban J connectivity index is 1.50. The highest BCUT2D eigenvalue weighted by atomic mass is 32.2. The number of Topliss-reactive ketones (excluding diaryl/α,β-unsaturated/α-hetero) is 1. The Kier molecular flexibility index (Phi) is 7.18. The number of ether oxygens (including phenoxy) is 1. The molecule has 3 aromatic rings. The van der Waals surface area contributed by atoms with Gasteiger partial charge in [0.1, 0.15) is 11.6 Å². The molecule has 1 amide bonds. The van der Waals surface area contributed by atoms with Crippen LogP contribution in [-0.2, 0) is 34.2 Å². The van der Waals surface area contributed by atoms with E-state index >= 15 is 0 Å². The van der Waals surface area contributed by atoms with Gasteiger partial charge in [0.2, 0.25) is 5.91 Å². The van der Waals surface area contributed by atoms with E-state index in [4.69, 9.17) is 4.74 Å². The van der Waals surface area contributed by atoms with Crippen LogP contribution >= 0.6 is 0 Å². The monoisotopic (exact) mass is 492 g/mol. The first kappa shape index (κ1) is 24.8. The van der Waals surface area contributed by atoms with Crippen molar-refractivity contribution in [1.82, 2.24) is 15.0 Å². The van der Waals surface area contributed by atoms with Gasteiger partial charge in [0.05, 0.1) is 24.6 Å². The van der Waals surface area contributed by atoms with Gasteiger partial charge in [-0.2, -0.15) is 0 Å². The van der Waals surface area contributed by atoms with Gasteiger partial charge in [-0.05, 0) is 74.1 Å². The number of carbonyl (C=O) groups is 2. The summed E-state index contributed by atoms with van der Waals surface area (Å²) in [5.74, 6) is 0.751. The van der Waals surface area contributed by atoms with Crippen molar-refractivity contribution in [2.75, 3.05) is 18.2 Å². The van der Waals surface area contributed by atoms with Crippen LogP contribution in [0.3, 0.4) is 0 Å². The lowest BCUT2D eigenvalue weighted by molar-refractivity contribution is -0.115. The Morgan fingerprint density at radius 3 is 2.54 bits per heavy atom. The highest BCUT2D eigenvalue weighted by Crippen LogP contribution is 2.39. The summed E-state index contributed by atoms with van der Waals surface area (Å²) in [6.45, 7) is 5.63. The van der Waals surface area contributed by atoms with Crippen molar-refractivity contribution < 1.29 is 18.9 Å². The van der Waals surface area contributed by atoms with Crippen molar-refractivity contribution in [1.29, 1.82) is 0 Å². The Morgan fingerprint density at radius 1 is 1.23 bits per heavy atom. The first-order valence-electron chi connectivity index (χ1n) is 11.4. The van der Waals surface area contributed by atoms with Crippen LogP contribution in [0.4, 0.5) is 5.82 Å². The fraction of sp³-hybridized carbons (Fsp3) is 0.346. The molecule has 0 fully saturated rings. The van der Waals surface area contributed by atoms with Crippen molar-refractivity contribution >= 4 is 28.7 Å². The minimum absolute atomic E-state index is 0.0278. The number of anilines is 1. The van der Waals surface area contributed by atoms with Crippen LogP contribution in [0, 0.1) is 6.92 Å². The molecule has 1 aliphatic rings. The zero-order valence-corrected chi connectivity index (χ0v) is 21.1. The molecule has 2 atom stereocenters. The summed E-state index contributed by atoms with van der Waals surface area (Å²) < 4.78 is 16.9. The van der Waals surface area contributed by atoms with Crippen LogP contribution < -0.4 is 10.1 Å². The van der Waals surface area contributed by atoms with Gasteiger partial charge in [-0.25, -0.2) is 15.0 Å². The number of hydrogen-bond donors (Lipinski definition) is 1. The minimum Gasteiger partial charge on any atom is -0.611 e. The number of rotatable bonds is 7. The largest absolute Gasteiger partial charge is 0.611 e. The van der Waals surface area contributed by atoms with Crippen molar-refractivity contribution in [3.05, 3.63) is 70.7 Å². The molecule has 2 heterocycles. The van der Waals surface area contributed by atoms with Crippen LogP contribution in [0.25, 0.3) is 0 Å². The lowest BCUT2D eigenvalue weighted by atomic mass is 9.69. The molecular formula is C26H28N4O4S. The van der Waals surface area contributed by atoms with E-state index in [9.17, 15) is 14.1 Å². The first-order valence-corrected chi connectivity index (χ1v) is 12.8. The molecule has 35 heavy (non-hydrogen) atoms. The second-order valence-electron chi connectivity index (χ2n) is 8.77. The number of benzene rings is 1. The van der Waals surface area contributed by atoms with Crippen molar-refractivity contribution in [3.63, 3.8) is 0 Å². The number of fused-ring (bicyclic) bond motifs is 1. The predicted octanol–water partition coefficient (Wildman–Crippen LogP) is 3.58. The van der Waals surface area contributed by atoms with Crippen LogP contribution in [0.2, 0.25) is 0 Å².